The summed E-state index contributed by atoms with van der Waals surface area (Å²) in [4.78, 5) is 10.2. The van der Waals surface area contributed by atoms with Crippen LogP contribution in [0.4, 0.5) is 0 Å². The van der Waals surface area contributed by atoms with Gasteiger partial charge in [-0.1, -0.05) is 0 Å². The van der Waals surface area contributed by atoms with Crippen molar-refractivity contribution in [1.82, 2.24) is 0 Å². The zero-order valence-corrected chi connectivity index (χ0v) is 7.65. The molecule has 7 heavy (non-hydrogen) atoms. The van der Waals surface area contributed by atoms with Crippen LogP contribution in [0, 0.1) is 0 Å². The van der Waals surface area contributed by atoms with Crippen LogP contribution in [0.15, 0.2) is 0 Å². The molecule has 0 rings (SSSR count). The van der Waals surface area contributed by atoms with Gasteiger partial charge < -0.3 is 0 Å². The molecule has 0 aliphatic rings. The Morgan fingerprint density at radius 3 is 2.57 bits per heavy atom. The van der Waals surface area contributed by atoms with Crippen molar-refractivity contribution >= 4 is 30.7 Å². The molecule has 0 unspecified atom stereocenters. The van der Waals surface area contributed by atoms with Gasteiger partial charge in [-0.2, -0.15) is 0 Å². The number of carbonyl (C=O) groups is 1. The van der Waals surface area contributed by atoms with E-state index >= 15 is 0 Å². The van der Waals surface area contributed by atoms with E-state index in [2.05, 4.69) is 4.74 Å². The van der Waals surface area contributed by atoms with Crippen LogP contribution in [0.25, 0.3) is 0 Å². The van der Waals surface area contributed by atoms with E-state index in [0.717, 1.165) is 24.7 Å². The van der Waals surface area contributed by atoms with Gasteiger partial charge in [0, 0.05) is 0 Å². The molecule has 0 aliphatic heterocycles. The molecule has 0 amide bonds. The van der Waals surface area contributed by atoms with Crippen molar-refractivity contribution in [3.05, 3.63) is 0 Å². The van der Waals surface area contributed by atoms with Crippen molar-refractivity contribution in [3.8, 4) is 0 Å². The number of hydrogen-bond acceptors (Lipinski definition) is 2. The molecule has 0 aromatic rings. The second-order valence-electron chi connectivity index (χ2n) is 0.963. The van der Waals surface area contributed by atoms with Crippen LogP contribution >= 0.6 is 0 Å². The monoisotopic (exact) mass is 296 g/mol. The fourth-order valence-corrected chi connectivity index (χ4v) is 0.562. The van der Waals surface area contributed by atoms with Crippen molar-refractivity contribution in [2.24, 2.45) is 0 Å². The van der Waals surface area contributed by atoms with Crippen molar-refractivity contribution in [2.75, 3.05) is 6.61 Å². The molecule has 40 valence electrons. The second kappa shape index (κ2) is 4.51. The Bertz CT molecular complexity index is 62.7. The molecular weight excluding hydrogens is 289 g/mol. The summed E-state index contributed by atoms with van der Waals surface area (Å²) < 4.78 is 5.17. The van der Waals surface area contributed by atoms with E-state index in [1.165, 1.54) is 0 Å². The van der Waals surface area contributed by atoms with E-state index in [4.69, 9.17) is 0 Å². The van der Waals surface area contributed by atoms with E-state index in [1.807, 2.05) is 6.92 Å². The first kappa shape index (κ1) is 7.35. The van der Waals surface area contributed by atoms with Crippen molar-refractivity contribution in [1.29, 1.82) is 0 Å². The summed E-state index contributed by atoms with van der Waals surface area (Å²) in [5.41, 5.74) is 0. The molecule has 3 heteroatoms. The Labute approximate surface area is 58.1 Å². The van der Waals surface area contributed by atoms with Gasteiger partial charge in [0.15, 0.2) is 0 Å². The summed E-state index contributed by atoms with van der Waals surface area (Å²) in [6.07, 6.45) is 0. The van der Waals surface area contributed by atoms with Crippen molar-refractivity contribution in [3.63, 3.8) is 0 Å². The SMILES string of the molecule is CCOC(=O)[CH2][Bi]. The molecule has 0 aromatic carbocycles. The van der Waals surface area contributed by atoms with Gasteiger partial charge in [-0.15, -0.1) is 0 Å². The summed E-state index contributed by atoms with van der Waals surface area (Å²) >= 11 is 1.09. The summed E-state index contributed by atoms with van der Waals surface area (Å²) in [6, 6.07) is 0. The number of carbonyl (C=O) groups excluding carboxylic acids is 1. The van der Waals surface area contributed by atoms with Gasteiger partial charge in [0.25, 0.3) is 0 Å². The number of ether oxygens (including phenoxy) is 1. The normalized spacial score (nSPS) is 8.29. The van der Waals surface area contributed by atoms with Gasteiger partial charge in [0.2, 0.25) is 0 Å². The first-order chi connectivity index (χ1) is 3.31. The molecule has 0 bridgehead atoms. The standard InChI is InChI=1S/C4H7O2.Bi/c1-3-6-4(2)5;/h2-3H2,1H3;. The van der Waals surface area contributed by atoms with Crippen molar-refractivity contribution < 1.29 is 9.53 Å². The Hall–Kier alpha value is 0.353. The topological polar surface area (TPSA) is 26.3 Å². The Balaban J connectivity index is 3.00. The fraction of sp³-hybridized carbons (Fsp3) is 0.750. The number of hydrogen-bond donors (Lipinski definition) is 0. The quantitative estimate of drug-likeness (QED) is 0.535. The number of esters is 1. The van der Waals surface area contributed by atoms with Crippen LogP contribution in [0.3, 0.4) is 0 Å². The van der Waals surface area contributed by atoms with Crippen LogP contribution in [-0.4, -0.2) is 37.3 Å². The number of rotatable bonds is 2. The summed E-state index contributed by atoms with van der Waals surface area (Å²) in [5.74, 6) is -0.0733. The summed E-state index contributed by atoms with van der Waals surface area (Å²) in [5, 5.41) is 0. The zero-order chi connectivity index (χ0) is 5.70. The molecule has 0 saturated heterocycles. The maximum absolute atomic E-state index is 10.2. The molecule has 2 radical (unpaired) electrons. The first-order valence-corrected chi connectivity index (χ1v) is 4.53. The third-order valence-corrected chi connectivity index (χ3v) is 1.44. The van der Waals surface area contributed by atoms with E-state index in [9.17, 15) is 4.79 Å². The van der Waals surface area contributed by atoms with Gasteiger partial charge in [0.05, 0.1) is 0 Å². The Kier molecular flexibility index (Phi) is 4.74. The third kappa shape index (κ3) is 4.20. The molecule has 0 heterocycles. The predicted molar refractivity (Wildman–Crippen MR) is 27.2 cm³/mol. The first-order valence-electron chi connectivity index (χ1n) is 2.07. The summed E-state index contributed by atoms with van der Waals surface area (Å²) in [7, 11) is 0. The van der Waals surface area contributed by atoms with Crippen LogP contribution in [0.2, 0.25) is 4.13 Å². The molecule has 0 N–H and O–H groups in total. The second-order valence-corrected chi connectivity index (χ2v) is 2.19. The van der Waals surface area contributed by atoms with Crippen LogP contribution in [0.5, 0.6) is 0 Å². The van der Waals surface area contributed by atoms with Gasteiger partial charge in [-0.3, -0.25) is 0 Å². The third-order valence-electron chi connectivity index (χ3n) is 0.434. The molecule has 0 aromatic heterocycles. The maximum atomic E-state index is 10.2. The molecule has 2 nitrogen and oxygen atoms in total. The summed E-state index contributed by atoms with van der Waals surface area (Å²) in [6.45, 7) is 2.32. The van der Waals surface area contributed by atoms with Gasteiger partial charge in [-0.05, 0) is 0 Å². The van der Waals surface area contributed by atoms with Crippen LogP contribution < -0.4 is 0 Å². The predicted octanol–water partition coefficient (Wildman–Crippen LogP) is 0.136. The molecular formula is C4H7BiO2. The van der Waals surface area contributed by atoms with E-state index < -0.39 is 0 Å². The Morgan fingerprint density at radius 2 is 2.43 bits per heavy atom. The molecule has 0 fully saturated rings. The van der Waals surface area contributed by atoms with Gasteiger partial charge >= 0.3 is 57.9 Å². The van der Waals surface area contributed by atoms with E-state index in [-0.39, 0.29) is 5.97 Å². The molecule has 0 atom stereocenters. The molecule has 0 spiro atoms. The van der Waals surface area contributed by atoms with E-state index in [0.29, 0.717) is 10.7 Å². The average Bonchev–Trinajstić information content (AvgIpc) is 1.68. The zero-order valence-electron chi connectivity index (χ0n) is 4.18. The molecule has 0 saturated carbocycles. The average molecular weight is 296 g/mol. The minimum atomic E-state index is -0.0733. The van der Waals surface area contributed by atoms with Crippen molar-refractivity contribution in [2.45, 2.75) is 11.1 Å². The minimum absolute atomic E-state index is 0.0733. The van der Waals surface area contributed by atoms with Gasteiger partial charge in [0.1, 0.15) is 0 Å². The van der Waals surface area contributed by atoms with Crippen LogP contribution in [-0.2, 0) is 9.53 Å². The Morgan fingerprint density at radius 1 is 1.86 bits per heavy atom. The molecule has 0 aliphatic carbocycles. The van der Waals surface area contributed by atoms with E-state index in [1.54, 1.807) is 0 Å². The van der Waals surface area contributed by atoms with Crippen LogP contribution in [0.1, 0.15) is 6.92 Å². The fourth-order valence-electron chi connectivity index (χ4n) is 0.207. The van der Waals surface area contributed by atoms with Gasteiger partial charge in [-0.25, -0.2) is 0 Å².